The van der Waals surface area contributed by atoms with Gasteiger partial charge in [0.2, 0.25) is 0 Å². The molecule has 0 aromatic rings. The van der Waals surface area contributed by atoms with Crippen molar-refractivity contribution in [2.24, 2.45) is 22.5 Å². The molecule has 142 valence electrons. The lowest BCUT2D eigenvalue weighted by atomic mass is 9.55. The summed E-state index contributed by atoms with van der Waals surface area (Å²) in [5, 5.41) is 0. The van der Waals surface area contributed by atoms with Crippen LogP contribution in [0.1, 0.15) is 80.1 Å². The van der Waals surface area contributed by atoms with Gasteiger partial charge in [-0.15, -0.1) is 0 Å². The molecule has 2 saturated carbocycles. The van der Waals surface area contributed by atoms with E-state index in [-0.39, 0.29) is 23.8 Å². The third kappa shape index (κ3) is 4.16. The number of carbonyl (C=O) groups excluding carboxylic acids is 1. The van der Waals surface area contributed by atoms with E-state index < -0.39 is 0 Å². The first-order valence-electron chi connectivity index (χ1n) is 9.45. The molecule has 2 aliphatic rings. The maximum absolute atomic E-state index is 11.2. The Morgan fingerprint density at radius 3 is 2.44 bits per heavy atom. The molecule has 2 aliphatic carbocycles. The van der Waals surface area contributed by atoms with E-state index >= 15 is 0 Å². The quantitative estimate of drug-likeness (QED) is 0.378. The Morgan fingerprint density at radius 1 is 1.24 bits per heavy atom. The van der Waals surface area contributed by atoms with Gasteiger partial charge in [0.15, 0.2) is 0 Å². The molecule has 0 radical (unpaired) electrons. The summed E-state index contributed by atoms with van der Waals surface area (Å²) in [6.07, 6.45) is 14.9. The fraction of sp³-hybridized carbons (Fsp3) is 0.696. The first-order valence-corrected chi connectivity index (χ1v) is 9.45. The summed E-state index contributed by atoms with van der Waals surface area (Å²) in [5.41, 5.74) is 9.35. The lowest BCUT2D eigenvalue weighted by Gasteiger charge is -2.52. The Labute approximate surface area is 155 Å². The Hall–Kier alpha value is -1.15. The van der Waals surface area contributed by atoms with Crippen molar-refractivity contribution >= 4 is 6.29 Å². The number of allylic oxidation sites excluding steroid dienone is 5. The molecule has 0 bridgehead atoms. The Bertz CT molecular complexity index is 556. The molecule has 0 aromatic carbocycles. The number of aldehydes is 1. The number of hydrogen-bond donors (Lipinski definition) is 1. The van der Waals surface area contributed by atoms with Crippen molar-refractivity contribution in [1.29, 1.82) is 0 Å². The Balaban J connectivity index is 0.00000312. The van der Waals surface area contributed by atoms with Crippen LogP contribution in [0.4, 0.5) is 0 Å². The van der Waals surface area contributed by atoms with E-state index in [0.717, 1.165) is 32.0 Å². The SMILES string of the molecule is C.C=C1CCCC1(C)CCC1C(C)(N)CC/C(=C/C=O)C1(C)/C=C\C. The molecule has 0 aliphatic heterocycles. The number of nitrogens with two attached hydrogens (primary N) is 1. The monoisotopic (exact) mass is 345 g/mol. The van der Waals surface area contributed by atoms with Gasteiger partial charge in [0.25, 0.3) is 0 Å². The largest absolute Gasteiger partial charge is 0.325 e. The van der Waals surface area contributed by atoms with Crippen LogP contribution in [0.2, 0.25) is 0 Å². The molecule has 4 unspecified atom stereocenters. The summed E-state index contributed by atoms with van der Waals surface area (Å²) in [7, 11) is 0. The van der Waals surface area contributed by atoms with Crippen molar-refractivity contribution in [3.63, 3.8) is 0 Å². The average molecular weight is 346 g/mol. The fourth-order valence-corrected chi connectivity index (χ4v) is 5.24. The summed E-state index contributed by atoms with van der Waals surface area (Å²) in [5.74, 6) is 0.339. The first kappa shape index (κ1) is 21.9. The second-order valence-electron chi connectivity index (χ2n) is 8.73. The van der Waals surface area contributed by atoms with Crippen LogP contribution in [-0.4, -0.2) is 11.8 Å². The van der Waals surface area contributed by atoms with E-state index in [2.05, 4.69) is 46.4 Å². The number of hydrogen-bond acceptors (Lipinski definition) is 2. The molecule has 0 aromatic heterocycles. The molecular weight excluding hydrogens is 306 g/mol. The van der Waals surface area contributed by atoms with Crippen molar-refractivity contribution in [2.75, 3.05) is 0 Å². The number of carbonyl (C=O) groups is 1. The molecule has 25 heavy (non-hydrogen) atoms. The minimum atomic E-state index is -0.204. The maximum atomic E-state index is 11.2. The molecule has 2 nitrogen and oxygen atoms in total. The minimum Gasteiger partial charge on any atom is -0.325 e. The summed E-state index contributed by atoms with van der Waals surface area (Å²) in [6.45, 7) is 13.2. The van der Waals surface area contributed by atoms with Crippen LogP contribution in [-0.2, 0) is 4.79 Å². The van der Waals surface area contributed by atoms with Gasteiger partial charge in [0, 0.05) is 11.0 Å². The predicted octanol–water partition coefficient (Wildman–Crippen LogP) is 5.98. The molecule has 0 heterocycles. The van der Waals surface area contributed by atoms with E-state index in [1.165, 1.54) is 30.4 Å². The van der Waals surface area contributed by atoms with Crippen LogP contribution in [0.25, 0.3) is 0 Å². The summed E-state index contributed by atoms with van der Waals surface area (Å²) in [4.78, 5) is 11.2. The zero-order chi connectivity index (χ0) is 18.0. The van der Waals surface area contributed by atoms with Crippen LogP contribution in [0.3, 0.4) is 0 Å². The molecule has 2 rings (SSSR count). The molecule has 2 heteroatoms. The summed E-state index contributed by atoms with van der Waals surface area (Å²) < 4.78 is 0. The van der Waals surface area contributed by atoms with Gasteiger partial charge in [-0.25, -0.2) is 0 Å². The first-order chi connectivity index (χ1) is 11.2. The second kappa shape index (κ2) is 8.03. The standard InChI is InChI=1S/C22H35NO.CH4/c1-6-12-21(4)18(11-16-24)9-15-22(5,23)19(21)10-14-20(3)13-7-8-17(20)2;/h6,11-12,16,19H,2,7-10,13-15,23H2,1,3-5H3;1H4/b12-6-,18-11-;. The van der Waals surface area contributed by atoms with Gasteiger partial charge in [0.05, 0.1) is 0 Å². The predicted molar refractivity (Wildman–Crippen MR) is 109 cm³/mol. The van der Waals surface area contributed by atoms with Crippen molar-refractivity contribution in [3.05, 3.63) is 36.0 Å². The van der Waals surface area contributed by atoms with E-state index in [1.54, 1.807) is 6.08 Å². The van der Waals surface area contributed by atoms with Gasteiger partial charge in [0.1, 0.15) is 6.29 Å². The summed E-state index contributed by atoms with van der Waals surface area (Å²) >= 11 is 0. The van der Waals surface area contributed by atoms with E-state index in [4.69, 9.17) is 5.73 Å². The molecule has 0 saturated heterocycles. The van der Waals surface area contributed by atoms with Gasteiger partial charge < -0.3 is 5.73 Å². The highest BCUT2D eigenvalue weighted by molar-refractivity contribution is 5.67. The van der Waals surface area contributed by atoms with Gasteiger partial charge in [-0.2, -0.15) is 0 Å². The third-order valence-corrected chi connectivity index (χ3v) is 6.97. The van der Waals surface area contributed by atoms with Gasteiger partial charge in [-0.1, -0.05) is 51.2 Å². The fourth-order valence-electron chi connectivity index (χ4n) is 5.24. The van der Waals surface area contributed by atoms with Crippen LogP contribution in [0.5, 0.6) is 0 Å². The van der Waals surface area contributed by atoms with Gasteiger partial charge in [-0.3, -0.25) is 4.79 Å². The molecule has 0 amide bonds. The molecule has 4 atom stereocenters. The normalized spacial score (nSPS) is 40.4. The average Bonchev–Trinajstić information content (AvgIpc) is 2.82. The highest BCUT2D eigenvalue weighted by Gasteiger charge is 2.48. The van der Waals surface area contributed by atoms with Crippen molar-refractivity contribution in [3.8, 4) is 0 Å². The molecule has 2 N–H and O–H groups in total. The third-order valence-electron chi connectivity index (χ3n) is 6.97. The van der Waals surface area contributed by atoms with E-state index in [1.807, 2.05) is 0 Å². The molecular formula is C23H39NO. The lowest BCUT2D eigenvalue weighted by Crippen LogP contribution is -2.54. The summed E-state index contributed by atoms with van der Waals surface area (Å²) in [6, 6.07) is 0. The second-order valence-corrected chi connectivity index (χ2v) is 8.73. The molecule has 2 fully saturated rings. The number of rotatable bonds is 5. The van der Waals surface area contributed by atoms with E-state index in [0.29, 0.717) is 5.92 Å². The highest BCUT2D eigenvalue weighted by atomic mass is 16.1. The van der Waals surface area contributed by atoms with Crippen LogP contribution in [0, 0.1) is 16.7 Å². The maximum Gasteiger partial charge on any atom is 0.142 e. The van der Waals surface area contributed by atoms with Crippen molar-refractivity contribution in [1.82, 2.24) is 0 Å². The lowest BCUT2D eigenvalue weighted by molar-refractivity contribution is -0.104. The zero-order valence-electron chi connectivity index (χ0n) is 16.0. The van der Waals surface area contributed by atoms with Crippen LogP contribution < -0.4 is 5.73 Å². The van der Waals surface area contributed by atoms with Gasteiger partial charge >= 0.3 is 0 Å². The Kier molecular flexibility index (Phi) is 7.03. The smallest absolute Gasteiger partial charge is 0.142 e. The minimum absolute atomic E-state index is 0. The highest BCUT2D eigenvalue weighted by Crippen LogP contribution is 2.54. The Morgan fingerprint density at radius 2 is 1.92 bits per heavy atom. The van der Waals surface area contributed by atoms with Crippen LogP contribution >= 0.6 is 0 Å². The van der Waals surface area contributed by atoms with Gasteiger partial charge in [-0.05, 0) is 76.2 Å². The topological polar surface area (TPSA) is 43.1 Å². The zero-order valence-corrected chi connectivity index (χ0v) is 16.0. The van der Waals surface area contributed by atoms with Crippen molar-refractivity contribution in [2.45, 2.75) is 85.6 Å². The van der Waals surface area contributed by atoms with Crippen molar-refractivity contribution < 1.29 is 4.79 Å². The van der Waals surface area contributed by atoms with E-state index in [9.17, 15) is 4.79 Å². The molecule has 0 spiro atoms. The van der Waals surface area contributed by atoms with Crippen LogP contribution in [0.15, 0.2) is 36.0 Å².